The molecule has 1 aromatic heterocycles. The topological polar surface area (TPSA) is 67.2 Å². The molecule has 1 aromatic carbocycles. The molecule has 0 fully saturated rings. The smallest absolute Gasteiger partial charge is 0.276 e. The number of aromatic nitrogens is 2. The van der Waals surface area contributed by atoms with Gasteiger partial charge in [-0.15, -0.1) is 0 Å². The summed E-state index contributed by atoms with van der Waals surface area (Å²) in [5.74, 6) is -0.162. The van der Waals surface area contributed by atoms with E-state index in [0.29, 0.717) is 5.69 Å². The molecule has 5 nitrogen and oxygen atoms in total. The number of nitrogens with one attached hydrogen (secondary N) is 1. The van der Waals surface area contributed by atoms with Crippen molar-refractivity contribution in [3.63, 3.8) is 0 Å². The van der Waals surface area contributed by atoms with Gasteiger partial charge in [-0.25, -0.2) is 0 Å². The highest BCUT2D eigenvalue weighted by Crippen LogP contribution is 2.30. The predicted octanol–water partition coefficient (Wildman–Crippen LogP) is 3.10. The molecule has 0 radical (unpaired) electrons. The molecule has 0 aliphatic rings. The lowest BCUT2D eigenvalue weighted by atomic mass is 9.88. The van der Waals surface area contributed by atoms with Crippen LogP contribution in [0.1, 0.15) is 48.3 Å². The van der Waals surface area contributed by atoms with Gasteiger partial charge < -0.3 is 10.4 Å². The number of para-hydroxylation sites is 1. The number of aliphatic hydroxyl groups is 1. The van der Waals surface area contributed by atoms with Gasteiger partial charge in [0.1, 0.15) is 0 Å². The van der Waals surface area contributed by atoms with Gasteiger partial charge in [-0.3, -0.25) is 9.48 Å². The maximum absolute atomic E-state index is 12.5. The summed E-state index contributed by atoms with van der Waals surface area (Å²) in [6.45, 7) is 7.81. The van der Waals surface area contributed by atoms with E-state index in [0.717, 1.165) is 16.8 Å². The Hall–Kier alpha value is -2.14. The maximum atomic E-state index is 12.5. The van der Waals surface area contributed by atoms with Crippen LogP contribution >= 0.6 is 0 Å². The number of anilines is 1. The van der Waals surface area contributed by atoms with E-state index in [1.165, 1.54) is 0 Å². The number of carbonyl (C=O) groups excluding carboxylic acids is 1. The van der Waals surface area contributed by atoms with E-state index in [1.54, 1.807) is 11.7 Å². The van der Waals surface area contributed by atoms with Crippen molar-refractivity contribution in [3.8, 4) is 0 Å². The molecular formula is C18H25N3O2. The van der Waals surface area contributed by atoms with Crippen LogP contribution in [-0.4, -0.2) is 26.9 Å². The van der Waals surface area contributed by atoms with Gasteiger partial charge in [0.05, 0.1) is 6.10 Å². The van der Waals surface area contributed by atoms with E-state index in [1.807, 2.05) is 58.2 Å². The van der Waals surface area contributed by atoms with E-state index in [2.05, 4.69) is 10.4 Å². The van der Waals surface area contributed by atoms with Gasteiger partial charge in [0, 0.05) is 30.4 Å². The number of hydrogen-bond acceptors (Lipinski definition) is 3. The van der Waals surface area contributed by atoms with E-state index >= 15 is 0 Å². The number of nitrogens with zero attached hydrogens (tertiary/aromatic N) is 2. The lowest BCUT2D eigenvalue weighted by Crippen LogP contribution is -2.24. The zero-order valence-corrected chi connectivity index (χ0v) is 14.4. The van der Waals surface area contributed by atoms with Crippen molar-refractivity contribution in [3.05, 3.63) is 47.3 Å². The minimum Gasteiger partial charge on any atom is -0.392 e. The summed E-state index contributed by atoms with van der Waals surface area (Å²) in [7, 11) is 1.79. The fraction of sp³-hybridized carbons (Fsp3) is 0.444. The summed E-state index contributed by atoms with van der Waals surface area (Å²) in [6, 6.07) is 7.59. The zero-order valence-electron chi connectivity index (χ0n) is 14.4. The molecule has 0 spiro atoms. The van der Waals surface area contributed by atoms with Crippen molar-refractivity contribution >= 4 is 11.6 Å². The Morgan fingerprint density at radius 2 is 1.91 bits per heavy atom. The minimum absolute atomic E-state index is 0.0728. The Balaban J connectivity index is 2.27. The first kappa shape index (κ1) is 17.2. The fourth-order valence-electron chi connectivity index (χ4n) is 2.78. The van der Waals surface area contributed by atoms with Crippen LogP contribution in [0.15, 0.2) is 30.5 Å². The van der Waals surface area contributed by atoms with Crippen molar-refractivity contribution in [2.24, 2.45) is 13.0 Å². The number of rotatable bonds is 5. The van der Waals surface area contributed by atoms with Gasteiger partial charge in [-0.05, 0) is 24.5 Å². The van der Waals surface area contributed by atoms with Crippen LogP contribution in [0, 0.1) is 12.8 Å². The van der Waals surface area contributed by atoms with Gasteiger partial charge >= 0.3 is 0 Å². The Labute approximate surface area is 137 Å². The first-order chi connectivity index (χ1) is 10.8. The second-order valence-electron chi connectivity index (χ2n) is 6.40. The van der Waals surface area contributed by atoms with Crippen molar-refractivity contribution in [2.45, 2.75) is 39.7 Å². The van der Waals surface area contributed by atoms with Crippen LogP contribution in [-0.2, 0) is 7.05 Å². The largest absolute Gasteiger partial charge is 0.392 e. The van der Waals surface area contributed by atoms with Gasteiger partial charge in [0.15, 0.2) is 5.69 Å². The average molecular weight is 315 g/mol. The fourth-order valence-corrected chi connectivity index (χ4v) is 2.78. The normalized spacial score (nSPS) is 13.9. The number of amides is 1. The average Bonchev–Trinajstić information content (AvgIpc) is 2.85. The molecule has 5 heteroatoms. The van der Waals surface area contributed by atoms with Crippen LogP contribution in [0.2, 0.25) is 0 Å². The standard InChI is InChI=1S/C18H25N3O2/c1-11(2)17(22)13(4)14-8-6-7-9-15(14)19-18(23)16-12(3)10-21(5)20-16/h6-11,13,17,22H,1-5H3,(H,19,23). The van der Waals surface area contributed by atoms with Gasteiger partial charge in [-0.2, -0.15) is 5.10 Å². The lowest BCUT2D eigenvalue weighted by Gasteiger charge is -2.24. The minimum atomic E-state index is -0.468. The third-order valence-electron chi connectivity index (χ3n) is 4.12. The third kappa shape index (κ3) is 3.79. The highest BCUT2D eigenvalue weighted by molar-refractivity contribution is 6.04. The summed E-state index contributed by atoms with van der Waals surface area (Å²) in [5, 5.41) is 17.5. The van der Waals surface area contributed by atoms with Crippen LogP contribution in [0.3, 0.4) is 0 Å². The second-order valence-corrected chi connectivity index (χ2v) is 6.40. The van der Waals surface area contributed by atoms with Gasteiger partial charge in [0.25, 0.3) is 5.91 Å². The Morgan fingerprint density at radius 1 is 1.26 bits per heavy atom. The summed E-state index contributed by atoms with van der Waals surface area (Å²) in [6.07, 6.45) is 1.34. The third-order valence-corrected chi connectivity index (χ3v) is 4.12. The lowest BCUT2D eigenvalue weighted by molar-refractivity contribution is 0.100. The Kier molecular flexibility index (Phi) is 5.21. The molecule has 2 unspecified atom stereocenters. The highest BCUT2D eigenvalue weighted by Gasteiger charge is 2.23. The van der Waals surface area contributed by atoms with Crippen LogP contribution in [0.5, 0.6) is 0 Å². The number of benzene rings is 1. The van der Waals surface area contributed by atoms with Gasteiger partial charge in [0.2, 0.25) is 0 Å². The molecule has 0 saturated heterocycles. The van der Waals surface area contributed by atoms with Gasteiger partial charge in [-0.1, -0.05) is 39.0 Å². The molecular weight excluding hydrogens is 290 g/mol. The molecule has 2 aromatic rings. The van der Waals surface area contributed by atoms with Crippen molar-refractivity contribution in [1.82, 2.24) is 9.78 Å². The quantitative estimate of drug-likeness (QED) is 0.891. The SMILES string of the molecule is Cc1cn(C)nc1C(=O)Nc1ccccc1C(C)C(O)C(C)C. The highest BCUT2D eigenvalue weighted by atomic mass is 16.3. The summed E-state index contributed by atoms with van der Waals surface area (Å²) in [4.78, 5) is 12.5. The first-order valence-corrected chi connectivity index (χ1v) is 7.89. The molecule has 1 heterocycles. The number of aryl methyl sites for hydroxylation is 2. The molecule has 1 amide bonds. The van der Waals surface area contributed by atoms with E-state index in [4.69, 9.17) is 0 Å². The van der Waals surface area contributed by atoms with Crippen molar-refractivity contribution < 1.29 is 9.90 Å². The molecule has 2 N–H and O–H groups in total. The molecule has 0 bridgehead atoms. The van der Waals surface area contributed by atoms with Crippen LogP contribution < -0.4 is 5.32 Å². The van der Waals surface area contributed by atoms with E-state index in [-0.39, 0.29) is 17.7 Å². The first-order valence-electron chi connectivity index (χ1n) is 7.89. The zero-order chi connectivity index (χ0) is 17.1. The Morgan fingerprint density at radius 3 is 2.48 bits per heavy atom. The number of hydrogen-bond donors (Lipinski definition) is 2. The summed E-state index contributed by atoms with van der Waals surface area (Å²) < 4.78 is 1.63. The molecule has 2 rings (SSSR count). The Bertz CT molecular complexity index is 691. The molecule has 23 heavy (non-hydrogen) atoms. The van der Waals surface area contributed by atoms with Crippen molar-refractivity contribution in [2.75, 3.05) is 5.32 Å². The number of carbonyl (C=O) groups is 1. The molecule has 2 atom stereocenters. The molecule has 0 aliphatic heterocycles. The molecule has 124 valence electrons. The van der Waals surface area contributed by atoms with E-state index in [9.17, 15) is 9.90 Å². The van der Waals surface area contributed by atoms with Crippen molar-refractivity contribution in [1.29, 1.82) is 0 Å². The monoisotopic (exact) mass is 315 g/mol. The molecule has 0 aliphatic carbocycles. The summed E-state index contributed by atoms with van der Waals surface area (Å²) in [5.41, 5.74) is 2.89. The number of aliphatic hydroxyl groups excluding tert-OH is 1. The maximum Gasteiger partial charge on any atom is 0.276 e. The second kappa shape index (κ2) is 6.96. The summed E-state index contributed by atoms with van der Waals surface area (Å²) >= 11 is 0. The molecule has 0 saturated carbocycles. The van der Waals surface area contributed by atoms with Crippen LogP contribution in [0.25, 0.3) is 0 Å². The predicted molar refractivity (Wildman–Crippen MR) is 91.6 cm³/mol. The van der Waals surface area contributed by atoms with Crippen LogP contribution in [0.4, 0.5) is 5.69 Å². The van der Waals surface area contributed by atoms with E-state index < -0.39 is 6.10 Å².